The average molecular weight is 295 g/mol. The van der Waals surface area contributed by atoms with E-state index in [0.717, 1.165) is 12.0 Å². The van der Waals surface area contributed by atoms with E-state index < -0.39 is 5.41 Å². The topological polar surface area (TPSA) is 70.8 Å². The molecule has 2 unspecified atom stereocenters. The number of carbonyl (C=O) groups excluding carboxylic acids is 1. The number of ether oxygens (including phenoxy) is 3. The van der Waals surface area contributed by atoms with Gasteiger partial charge in [-0.25, -0.2) is 0 Å². The molecule has 0 aromatic heterocycles. The Bertz CT molecular complexity index is 489. The molecule has 0 saturated carbocycles. The number of nitrogens with two attached hydrogens (primary N) is 1. The molecule has 0 bridgehead atoms. The summed E-state index contributed by atoms with van der Waals surface area (Å²) in [5.41, 5.74) is 6.60. The molecule has 0 fully saturated rings. The predicted octanol–water partition coefficient (Wildman–Crippen LogP) is 2.26. The van der Waals surface area contributed by atoms with E-state index in [1.807, 2.05) is 26.0 Å². The molecule has 5 heteroatoms. The van der Waals surface area contributed by atoms with Crippen LogP contribution < -0.4 is 15.2 Å². The van der Waals surface area contributed by atoms with Crippen LogP contribution in [-0.4, -0.2) is 33.3 Å². The third-order valence-corrected chi connectivity index (χ3v) is 4.02. The lowest BCUT2D eigenvalue weighted by molar-refractivity contribution is -0.142. The highest BCUT2D eigenvalue weighted by molar-refractivity contribution is 5.72. The molecule has 1 rings (SSSR count). The molecule has 0 spiro atoms. The van der Waals surface area contributed by atoms with Crippen LogP contribution in [0, 0.1) is 0 Å². The highest BCUT2D eigenvalue weighted by atomic mass is 16.5. The molecule has 0 amide bonds. The Labute approximate surface area is 126 Å². The Morgan fingerprint density at radius 3 is 2.43 bits per heavy atom. The molecule has 1 aromatic carbocycles. The summed E-state index contributed by atoms with van der Waals surface area (Å²) in [5, 5.41) is 0. The van der Waals surface area contributed by atoms with E-state index in [2.05, 4.69) is 0 Å². The van der Waals surface area contributed by atoms with Gasteiger partial charge in [-0.1, -0.05) is 19.9 Å². The van der Waals surface area contributed by atoms with Crippen molar-refractivity contribution in [1.82, 2.24) is 0 Å². The second-order valence-corrected chi connectivity index (χ2v) is 5.25. The van der Waals surface area contributed by atoms with Crippen LogP contribution in [0.15, 0.2) is 18.2 Å². The molecule has 0 aliphatic carbocycles. The highest BCUT2D eigenvalue weighted by Crippen LogP contribution is 2.39. The third kappa shape index (κ3) is 3.67. The van der Waals surface area contributed by atoms with Crippen LogP contribution in [0.5, 0.6) is 11.5 Å². The van der Waals surface area contributed by atoms with Crippen molar-refractivity contribution >= 4 is 5.97 Å². The fourth-order valence-corrected chi connectivity index (χ4v) is 2.52. The monoisotopic (exact) mass is 295 g/mol. The minimum absolute atomic E-state index is 0.195. The molecule has 21 heavy (non-hydrogen) atoms. The van der Waals surface area contributed by atoms with Gasteiger partial charge in [0.05, 0.1) is 27.8 Å². The normalized spacial score (nSPS) is 15.0. The summed E-state index contributed by atoms with van der Waals surface area (Å²) in [4.78, 5) is 11.8. The summed E-state index contributed by atoms with van der Waals surface area (Å²) < 4.78 is 15.5. The zero-order chi connectivity index (χ0) is 16.0. The number of carbonyl (C=O) groups is 1. The smallest absolute Gasteiger partial charge is 0.306 e. The lowest BCUT2D eigenvalue weighted by Gasteiger charge is -2.35. The Hall–Kier alpha value is -1.75. The average Bonchev–Trinajstić information content (AvgIpc) is 2.52. The number of hydrogen-bond acceptors (Lipinski definition) is 5. The van der Waals surface area contributed by atoms with Gasteiger partial charge in [0, 0.05) is 23.1 Å². The van der Waals surface area contributed by atoms with Gasteiger partial charge in [0.25, 0.3) is 0 Å². The van der Waals surface area contributed by atoms with E-state index in [4.69, 9.17) is 19.9 Å². The predicted molar refractivity (Wildman–Crippen MR) is 81.8 cm³/mol. The van der Waals surface area contributed by atoms with Crippen LogP contribution in [0.3, 0.4) is 0 Å². The molecule has 118 valence electrons. The summed E-state index contributed by atoms with van der Waals surface area (Å²) in [6.45, 7) is 3.96. The van der Waals surface area contributed by atoms with Gasteiger partial charge in [-0.2, -0.15) is 0 Å². The standard InChI is InChI=1S/C16H25NO4/c1-6-14(17)16(2,10-15(18)21-5)12-8-7-11(19-3)9-13(12)20-4/h7-9,14H,6,10,17H2,1-5H3. The number of methoxy groups -OCH3 is 3. The molecular weight excluding hydrogens is 270 g/mol. The van der Waals surface area contributed by atoms with Gasteiger partial charge >= 0.3 is 5.97 Å². The third-order valence-electron chi connectivity index (χ3n) is 4.02. The van der Waals surface area contributed by atoms with E-state index in [1.165, 1.54) is 7.11 Å². The van der Waals surface area contributed by atoms with Gasteiger partial charge in [0.2, 0.25) is 0 Å². The molecule has 2 atom stereocenters. The minimum atomic E-state index is -0.570. The maximum atomic E-state index is 11.8. The number of rotatable bonds is 7. The minimum Gasteiger partial charge on any atom is -0.497 e. The van der Waals surface area contributed by atoms with Crippen LogP contribution in [-0.2, 0) is 14.9 Å². The van der Waals surface area contributed by atoms with Crippen molar-refractivity contribution in [3.8, 4) is 11.5 Å². The zero-order valence-corrected chi connectivity index (χ0v) is 13.4. The van der Waals surface area contributed by atoms with E-state index in [9.17, 15) is 4.79 Å². The molecule has 5 nitrogen and oxygen atoms in total. The molecule has 1 aromatic rings. The highest BCUT2D eigenvalue weighted by Gasteiger charge is 2.38. The van der Waals surface area contributed by atoms with Gasteiger partial charge in [-0.15, -0.1) is 0 Å². The SMILES string of the molecule is CCC(N)C(C)(CC(=O)OC)c1ccc(OC)cc1OC. The first-order chi connectivity index (χ1) is 9.92. The quantitative estimate of drug-likeness (QED) is 0.781. The first kappa shape index (κ1) is 17.3. The summed E-state index contributed by atoms with van der Waals surface area (Å²) in [6.07, 6.45) is 0.934. The van der Waals surface area contributed by atoms with Crippen molar-refractivity contribution < 1.29 is 19.0 Å². The van der Waals surface area contributed by atoms with Gasteiger partial charge in [0.15, 0.2) is 0 Å². The summed E-state index contributed by atoms with van der Waals surface area (Å²) in [5.74, 6) is 1.06. The molecule has 0 radical (unpaired) electrons. The largest absolute Gasteiger partial charge is 0.497 e. The number of esters is 1. The fraction of sp³-hybridized carbons (Fsp3) is 0.562. The summed E-state index contributed by atoms with van der Waals surface area (Å²) in [7, 11) is 4.57. The lowest BCUT2D eigenvalue weighted by atomic mass is 9.72. The first-order valence-electron chi connectivity index (χ1n) is 6.97. The van der Waals surface area contributed by atoms with Gasteiger partial charge in [-0.3, -0.25) is 4.79 Å². The molecular formula is C16H25NO4. The van der Waals surface area contributed by atoms with E-state index in [1.54, 1.807) is 20.3 Å². The second kappa shape index (κ2) is 7.31. The van der Waals surface area contributed by atoms with Crippen molar-refractivity contribution in [3.05, 3.63) is 23.8 Å². The number of hydrogen-bond donors (Lipinski definition) is 1. The molecule has 0 aliphatic rings. The summed E-state index contributed by atoms with van der Waals surface area (Å²) in [6, 6.07) is 5.35. The van der Waals surface area contributed by atoms with Gasteiger partial charge in [0.1, 0.15) is 11.5 Å². The van der Waals surface area contributed by atoms with E-state index >= 15 is 0 Å². The van der Waals surface area contributed by atoms with Crippen molar-refractivity contribution in [2.24, 2.45) is 5.73 Å². The molecule has 0 saturated heterocycles. The second-order valence-electron chi connectivity index (χ2n) is 5.25. The Balaban J connectivity index is 3.34. The Morgan fingerprint density at radius 1 is 1.29 bits per heavy atom. The van der Waals surface area contributed by atoms with Gasteiger partial charge < -0.3 is 19.9 Å². The van der Waals surface area contributed by atoms with Crippen LogP contribution >= 0.6 is 0 Å². The van der Waals surface area contributed by atoms with Crippen molar-refractivity contribution in [2.45, 2.75) is 38.1 Å². The maximum Gasteiger partial charge on any atom is 0.306 e. The fourth-order valence-electron chi connectivity index (χ4n) is 2.52. The molecule has 2 N–H and O–H groups in total. The maximum absolute atomic E-state index is 11.8. The lowest BCUT2D eigenvalue weighted by Crippen LogP contribution is -2.44. The Kier molecular flexibility index (Phi) is 6.03. The van der Waals surface area contributed by atoms with Crippen LogP contribution in [0.25, 0.3) is 0 Å². The first-order valence-corrected chi connectivity index (χ1v) is 6.97. The van der Waals surface area contributed by atoms with E-state index in [0.29, 0.717) is 11.5 Å². The molecule has 0 aliphatic heterocycles. The van der Waals surface area contributed by atoms with Crippen LogP contribution in [0.1, 0.15) is 32.3 Å². The van der Waals surface area contributed by atoms with Crippen LogP contribution in [0.2, 0.25) is 0 Å². The van der Waals surface area contributed by atoms with Crippen molar-refractivity contribution in [1.29, 1.82) is 0 Å². The number of benzene rings is 1. The van der Waals surface area contributed by atoms with Crippen LogP contribution in [0.4, 0.5) is 0 Å². The summed E-state index contributed by atoms with van der Waals surface area (Å²) >= 11 is 0. The van der Waals surface area contributed by atoms with Crippen molar-refractivity contribution in [2.75, 3.05) is 21.3 Å². The molecule has 0 heterocycles. The van der Waals surface area contributed by atoms with E-state index in [-0.39, 0.29) is 18.4 Å². The Morgan fingerprint density at radius 2 is 1.95 bits per heavy atom. The van der Waals surface area contributed by atoms with Gasteiger partial charge in [-0.05, 0) is 12.5 Å². The van der Waals surface area contributed by atoms with Crippen molar-refractivity contribution in [3.63, 3.8) is 0 Å². The zero-order valence-electron chi connectivity index (χ0n) is 13.4.